The van der Waals surface area contributed by atoms with E-state index in [1.54, 1.807) is 11.3 Å². The highest BCUT2D eigenvalue weighted by Gasteiger charge is 2.34. The van der Waals surface area contributed by atoms with Crippen LogP contribution >= 0.6 is 11.3 Å². The number of rotatable bonds is 5. The Bertz CT molecular complexity index is 779. The van der Waals surface area contributed by atoms with Gasteiger partial charge in [0.25, 0.3) is 0 Å². The molecular weight excluding hydrogens is 346 g/mol. The number of likely N-dealkylation sites (tertiary alicyclic amines) is 1. The minimum absolute atomic E-state index is 0.0690. The lowest BCUT2D eigenvalue weighted by Crippen LogP contribution is -2.30. The van der Waals surface area contributed by atoms with Gasteiger partial charge < -0.3 is 10.2 Å². The molecule has 1 saturated heterocycles. The Labute approximate surface area is 157 Å². The van der Waals surface area contributed by atoms with E-state index in [-0.39, 0.29) is 17.7 Å². The number of carbonyl (C=O) groups excluding carboxylic acids is 2. The Morgan fingerprint density at radius 2 is 2.04 bits per heavy atom. The zero-order valence-corrected chi connectivity index (χ0v) is 15.6. The highest BCUT2D eigenvalue weighted by molar-refractivity contribution is 7.15. The molecule has 2 aromatic rings. The van der Waals surface area contributed by atoms with E-state index < -0.39 is 0 Å². The summed E-state index contributed by atoms with van der Waals surface area (Å²) in [7, 11) is 0. The van der Waals surface area contributed by atoms with Crippen LogP contribution in [0.4, 0.5) is 5.13 Å². The van der Waals surface area contributed by atoms with E-state index in [1.165, 1.54) is 23.3 Å². The Hall–Kier alpha value is -2.21. The zero-order chi connectivity index (χ0) is 17.9. The second-order valence-corrected chi connectivity index (χ2v) is 8.15. The van der Waals surface area contributed by atoms with Crippen LogP contribution < -0.4 is 5.32 Å². The van der Waals surface area contributed by atoms with E-state index in [0.29, 0.717) is 24.6 Å². The van der Waals surface area contributed by atoms with Crippen molar-refractivity contribution in [3.63, 3.8) is 0 Å². The molecule has 1 atom stereocenters. The van der Waals surface area contributed by atoms with Gasteiger partial charge in [0.1, 0.15) is 0 Å². The number of thiazole rings is 1. The molecule has 1 fully saturated rings. The number of nitrogens with one attached hydrogen (secondary N) is 1. The standard InChI is InChI=1S/C20H23N3O2S/c24-18-12-15(13-23(18)11-10-14-6-2-1-3-7-14)19(25)22-20-21-16-8-4-5-9-17(16)26-20/h1-3,6-7,15H,4-5,8-13H2,(H,21,22,25)/t15-/m1/s1. The van der Waals surface area contributed by atoms with Gasteiger partial charge in [-0.05, 0) is 37.7 Å². The first-order valence-electron chi connectivity index (χ1n) is 9.30. The molecule has 6 heteroatoms. The second kappa shape index (κ2) is 7.58. The molecule has 5 nitrogen and oxygen atoms in total. The Balaban J connectivity index is 1.32. The number of carbonyl (C=O) groups is 2. The highest BCUT2D eigenvalue weighted by atomic mass is 32.1. The fourth-order valence-electron chi connectivity index (χ4n) is 3.69. The molecule has 1 aliphatic heterocycles. The Morgan fingerprint density at radius 3 is 2.85 bits per heavy atom. The molecule has 2 amide bonds. The van der Waals surface area contributed by atoms with Gasteiger partial charge in [0.15, 0.2) is 5.13 Å². The van der Waals surface area contributed by atoms with Gasteiger partial charge in [0.05, 0.1) is 11.6 Å². The highest BCUT2D eigenvalue weighted by Crippen LogP contribution is 2.30. The first kappa shape index (κ1) is 17.2. The molecule has 0 bridgehead atoms. The number of fused-ring (bicyclic) bond motifs is 1. The smallest absolute Gasteiger partial charge is 0.231 e. The van der Waals surface area contributed by atoms with Crippen LogP contribution in [-0.4, -0.2) is 34.8 Å². The molecule has 136 valence electrons. The summed E-state index contributed by atoms with van der Waals surface area (Å²) in [5, 5.41) is 3.64. The first-order valence-corrected chi connectivity index (χ1v) is 10.1. The molecule has 1 aromatic carbocycles. The number of amides is 2. The first-order chi connectivity index (χ1) is 12.7. The molecule has 0 radical (unpaired) electrons. The van der Waals surface area contributed by atoms with Crippen LogP contribution in [0.3, 0.4) is 0 Å². The minimum atomic E-state index is -0.279. The van der Waals surface area contributed by atoms with Crippen molar-refractivity contribution in [2.75, 3.05) is 18.4 Å². The molecule has 2 aliphatic rings. The maximum Gasteiger partial charge on any atom is 0.231 e. The zero-order valence-electron chi connectivity index (χ0n) is 14.7. The van der Waals surface area contributed by atoms with Crippen LogP contribution in [0.1, 0.15) is 35.4 Å². The van der Waals surface area contributed by atoms with Crippen molar-refractivity contribution < 1.29 is 9.59 Å². The molecule has 0 unspecified atom stereocenters. The summed E-state index contributed by atoms with van der Waals surface area (Å²) >= 11 is 1.59. The number of aromatic nitrogens is 1. The van der Waals surface area contributed by atoms with Crippen molar-refractivity contribution in [2.45, 2.75) is 38.5 Å². The van der Waals surface area contributed by atoms with Gasteiger partial charge >= 0.3 is 0 Å². The van der Waals surface area contributed by atoms with E-state index in [9.17, 15) is 9.59 Å². The minimum Gasteiger partial charge on any atom is -0.342 e. The summed E-state index contributed by atoms with van der Waals surface area (Å²) in [6, 6.07) is 10.1. The van der Waals surface area contributed by atoms with Gasteiger partial charge in [0, 0.05) is 24.4 Å². The number of aryl methyl sites for hydroxylation is 2. The number of hydrogen-bond acceptors (Lipinski definition) is 4. The van der Waals surface area contributed by atoms with Crippen LogP contribution in [0.2, 0.25) is 0 Å². The Morgan fingerprint density at radius 1 is 1.23 bits per heavy atom. The third-order valence-corrected chi connectivity index (χ3v) is 6.25. The van der Waals surface area contributed by atoms with Crippen LogP contribution in [-0.2, 0) is 28.9 Å². The fourth-order valence-corrected chi connectivity index (χ4v) is 4.74. The summed E-state index contributed by atoms with van der Waals surface area (Å²) < 4.78 is 0. The van der Waals surface area contributed by atoms with Crippen molar-refractivity contribution in [2.24, 2.45) is 5.92 Å². The topological polar surface area (TPSA) is 62.3 Å². The van der Waals surface area contributed by atoms with Crippen molar-refractivity contribution in [3.8, 4) is 0 Å². The fraction of sp³-hybridized carbons (Fsp3) is 0.450. The van der Waals surface area contributed by atoms with Crippen molar-refractivity contribution in [1.29, 1.82) is 0 Å². The molecule has 1 N–H and O–H groups in total. The van der Waals surface area contributed by atoms with E-state index in [1.807, 2.05) is 23.1 Å². The number of nitrogens with zero attached hydrogens (tertiary/aromatic N) is 2. The normalized spacial score (nSPS) is 19.5. The summed E-state index contributed by atoms with van der Waals surface area (Å²) in [4.78, 5) is 32.5. The molecule has 2 heterocycles. The molecule has 0 saturated carbocycles. The van der Waals surface area contributed by atoms with Crippen molar-refractivity contribution >= 4 is 28.3 Å². The molecule has 4 rings (SSSR count). The molecular formula is C20H23N3O2S. The lowest BCUT2D eigenvalue weighted by molar-refractivity contribution is -0.128. The van der Waals surface area contributed by atoms with Crippen LogP contribution in [0.15, 0.2) is 30.3 Å². The SMILES string of the molecule is O=C(Nc1nc2c(s1)CCCC2)[C@@H]1CC(=O)N(CCc2ccccc2)C1. The summed E-state index contributed by atoms with van der Waals surface area (Å²) in [6.45, 7) is 1.17. The van der Waals surface area contributed by atoms with Crippen molar-refractivity contribution in [1.82, 2.24) is 9.88 Å². The third kappa shape index (κ3) is 3.80. The predicted octanol–water partition coefficient (Wildman–Crippen LogP) is 3.05. The van der Waals surface area contributed by atoms with Gasteiger partial charge in [-0.2, -0.15) is 0 Å². The summed E-state index contributed by atoms with van der Waals surface area (Å²) in [6.07, 6.45) is 5.58. The van der Waals surface area contributed by atoms with E-state index in [0.717, 1.165) is 25.0 Å². The number of anilines is 1. The number of hydrogen-bond donors (Lipinski definition) is 1. The maximum atomic E-state index is 12.6. The second-order valence-electron chi connectivity index (χ2n) is 7.06. The number of benzene rings is 1. The van der Waals surface area contributed by atoms with Gasteiger partial charge in [-0.3, -0.25) is 9.59 Å². The van der Waals surface area contributed by atoms with Gasteiger partial charge in [-0.1, -0.05) is 30.3 Å². The monoisotopic (exact) mass is 369 g/mol. The molecule has 1 aromatic heterocycles. The van der Waals surface area contributed by atoms with Crippen LogP contribution in [0.5, 0.6) is 0 Å². The third-order valence-electron chi connectivity index (χ3n) is 5.17. The van der Waals surface area contributed by atoms with E-state index >= 15 is 0 Å². The summed E-state index contributed by atoms with van der Waals surface area (Å²) in [5.74, 6) is -0.287. The van der Waals surface area contributed by atoms with Gasteiger partial charge in [-0.25, -0.2) is 4.98 Å². The maximum absolute atomic E-state index is 12.6. The molecule has 26 heavy (non-hydrogen) atoms. The average Bonchev–Trinajstić information content (AvgIpc) is 3.23. The van der Waals surface area contributed by atoms with E-state index in [4.69, 9.17) is 0 Å². The van der Waals surface area contributed by atoms with Gasteiger partial charge in [0.2, 0.25) is 11.8 Å². The van der Waals surface area contributed by atoms with Crippen LogP contribution in [0, 0.1) is 5.92 Å². The molecule has 1 aliphatic carbocycles. The quantitative estimate of drug-likeness (QED) is 0.881. The predicted molar refractivity (Wildman–Crippen MR) is 102 cm³/mol. The van der Waals surface area contributed by atoms with Crippen LogP contribution in [0.25, 0.3) is 0 Å². The van der Waals surface area contributed by atoms with Crippen molar-refractivity contribution in [3.05, 3.63) is 46.5 Å². The lowest BCUT2D eigenvalue weighted by atomic mass is 10.0. The summed E-state index contributed by atoms with van der Waals surface area (Å²) in [5.41, 5.74) is 2.35. The van der Waals surface area contributed by atoms with E-state index in [2.05, 4.69) is 22.4 Å². The largest absolute Gasteiger partial charge is 0.342 e. The molecule has 0 spiro atoms. The van der Waals surface area contributed by atoms with Gasteiger partial charge in [-0.15, -0.1) is 11.3 Å². The lowest BCUT2D eigenvalue weighted by Gasteiger charge is -2.16. The average molecular weight is 369 g/mol. The Kier molecular flexibility index (Phi) is 5.02.